The number of hydrogen-bond acceptors (Lipinski definition) is 8. The Morgan fingerprint density at radius 2 is 2.17 bits per heavy atom. The maximum Gasteiger partial charge on any atom is 0.414 e. The molecule has 2 aliphatic heterocycles. The van der Waals surface area contributed by atoms with E-state index in [1.807, 2.05) is 0 Å². The maximum atomic E-state index is 14.7. The quantitative estimate of drug-likeness (QED) is 0.361. The van der Waals surface area contributed by atoms with E-state index in [1.165, 1.54) is 17.9 Å². The van der Waals surface area contributed by atoms with Crippen LogP contribution in [0.1, 0.15) is 6.92 Å². The van der Waals surface area contributed by atoms with E-state index in [9.17, 15) is 18.8 Å². The lowest BCUT2D eigenvalue weighted by molar-refractivity contribution is -0.131. The zero-order chi connectivity index (χ0) is 21.0. The Balaban J connectivity index is 1.60. The van der Waals surface area contributed by atoms with E-state index >= 15 is 0 Å². The second-order valence-electron chi connectivity index (χ2n) is 6.73. The molecule has 0 spiro atoms. The Morgan fingerprint density at radius 1 is 1.38 bits per heavy atom. The SMILES string of the molecule is CC(=O)NCC1CN(c2ccc(N3CCN(CC(=O)NO)NC3)c(F)c2)C(=O)O1. The number of carbonyl (C=O) groups is 3. The molecule has 0 aliphatic carbocycles. The van der Waals surface area contributed by atoms with Crippen molar-refractivity contribution in [3.05, 3.63) is 24.0 Å². The number of rotatable bonds is 6. The van der Waals surface area contributed by atoms with Crippen molar-refractivity contribution in [3.8, 4) is 0 Å². The summed E-state index contributed by atoms with van der Waals surface area (Å²) in [5.74, 6) is -1.26. The first-order chi connectivity index (χ1) is 13.9. The van der Waals surface area contributed by atoms with E-state index in [-0.39, 0.29) is 32.2 Å². The van der Waals surface area contributed by atoms with Gasteiger partial charge in [-0.15, -0.1) is 0 Å². The fraction of sp³-hybridized carbons (Fsp3) is 0.471. The minimum absolute atomic E-state index is 0.0253. The normalized spacial score (nSPS) is 19.8. The third-order valence-electron chi connectivity index (χ3n) is 4.62. The second kappa shape index (κ2) is 9.03. The average molecular weight is 410 g/mol. The van der Waals surface area contributed by atoms with Crippen LogP contribution in [0.2, 0.25) is 0 Å². The Bertz CT molecular complexity index is 786. The van der Waals surface area contributed by atoms with Gasteiger partial charge in [0.15, 0.2) is 0 Å². The lowest BCUT2D eigenvalue weighted by Gasteiger charge is -2.36. The van der Waals surface area contributed by atoms with Gasteiger partial charge in [-0.05, 0) is 18.2 Å². The summed E-state index contributed by atoms with van der Waals surface area (Å²) in [5, 5.41) is 12.8. The van der Waals surface area contributed by atoms with Crippen molar-refractivity contribution in [3.63, 3.8) is 0 Å². The predicted molar refractivity (Wildman–Crippen MR) is 99.5 cm³/mol. The molecular formula is C17H23FN6O5. The monoisotopic (exact) mass is 410 g/mol. The molecule has 2 aliphatic rings. The molecule has 0 aromatic heterocycles. The van der Waals surface area contributed by atoms with Crippen LogP contribution in [0.25, 0.3) is 0 Å². The summed E-state index contributed by atoms with van der Waals surface area (Å²) in [6.07, 6.45) is -1.09. The largest absolute Gasteiger partial charge is 0.442 e. The molecule has 2 heterocycles. The highest BCUT2D eigenvalue weighted by molar-refractivity contribution is 5.90. The molecule has 3 amide bonds. The fourth-order valence-electron chi connectivity index (χ4n) is 3.15. The predicted octanol–water partition coefficient (Wildman–Crippen LogP) is -0.623. The molecule has 11 nitrogen and oxygen atoms in total. The first kappa shape index (κ1) is 20.8. The minimum atomic E-state index is -0.593. The number of benzene rings is 1. The van der Waals surface area contributed by atoms with Crippen molar-refractivity contribution < 1.29 is 28.7 Å². The van der Waals surface area contributed by atoms with Crippen LogP contribution in [0.15, 0.2) is 18.2 Å². The van der Waals surface area contributed by atoms with Crippen LogP contribution in [0.4, 0.5) is 20.6 Å². The van der Waals surface area contributed by atoms with Crippen LogP contribution >= 0.6 is 0 Å². The van der Waals surface area contributed by atoms with Gasteiger partial charge in [-0.25, -0.2) is 25.1 Å². The topological polar surface area (TPSA) is 126 Å². The van der Waals surface area contributed by atoms with Gasteiger partial charge in [0, 0.05) is 20.0 Å². The van der Waals surface area contributed by atoms with Crippen molar-refractivity contribution >= 4 is 29.3 Å². The number of nitrogens with one attached hydrogen (secondary N) is 3. The van der Waals surface area contributed by atoms with Crippen molar-refractivity contribution in [2.45, 2.75) is 13.0 Å². The van der Waals surface area contributed by atoms with Gasteiger partial charge < -0.3 is 15.0 Å². The van der Waals surface area contributed by atoms with Gasteiger partial charge >= 0.3 is 6.09 Å². The molecule has 2 fully saturated rings. The van der Waals surface area contributed by atoms with Gasteiger partial charge in [-0.2, -0.15) is 0 Å². The molecule has 2 saturated heterocycles. The number of hydroxylamine groups is 1. The van der Waals surface area contributed by atoms with Crippen LogP contribution in [-0.4, -0.2) is 73.6 Å². The summed E-state index contributed by atoms with van der Waals surface area (Å²) >= 11 is 0. The molecule has 4 N–H and O–H groups in total. The zero-order valence-electron chi connectivity index (χ0n) is 15.9. The van der Waals surface area contributed by atoms with Gasteiger partial charge in [-0.3, -0.25) is 19.7 Å². The van der Waals surface area contributed by atoms with Crippen LogP contribution in [-0.2, 0) is 14.3 Å². The summed E-state index contributed by atoms with van der Waals surface area (Å²) < 4.78 is 19.9. The molecule has 1 aromatic carbocycles. The smallest absolute Gasteiger partial charge is 0.414 e. The molecule has 0 saturated carbocycles. The Kier molecular flexibility index (Phi) is 6.46. The van der Waals surface area contributed by atoms with E-state index in [2.05, 4.69) is 10.7 Å². The van der Waals surface area contributed by atoms with Crippen molar-refractivity contribution in [2.75, 3.05) is 49.2 Å². The number of ether oxygens (including phenoxy) is 1. The number of hydrazine groups is 1. The molecule has 0 bridgehead atoms. The Hall–Kier alpha value is -2.96. The lowest BCUT2D eigenvalue weighted by atomic mass is 10.2. The number of halogens is 1. The van der Waals surface area contributed by atoms with Crippen molar-refractivity contribution in [1.29, 1.82) is 0 Å². The van der Waals surface area contributed by atoms with Crippen LogP contribution in [0.3, 0.4) is 0 Å². The number of cyclic esters (lactones) is 1. The highest BCUT2D eigenvalue weighted by atomic mass is 19.1. The van der Waals surface area contributed by atoms with E-state index < -0.39 is 23.9 Å². The molecule has 29 heavy (non-hydrogen) atoms. The molecule has 158 valence electrons. The summed E-state index contributed by atoms with van der Waals surface area (Å²) in [6.45, 7) is 2.94. The highest BCUT2D eigenvalue weighted by Crippen LogP contribution is 2.28. The number of amides is 3. The summed E-state index contributed by atoms with van der Waals surface area (Å²) in [6, 6.07) is 4.48. The molecule has 1 unspecified atom stereocenters. The second-order valence-corrected chi connectivity index (χ2v) is 6.73. The average Bonchev–Trinajstić information content (AvgIpc) is 3.07. The standard InChI is InChI=1S/C17H23FN6O5/c1-11(25)19-7-13-8-24(17(27)29-13)12-2-3-15(14(18)6-12)22-4-5-23(20-10-22)9-16(26)21-28/h2-3,6,13,20,28H,4-5,7-10H2,1H3,(H,19,25)(H,21,26). The van der Waals surface area contributed by atoms with Crippen LogP contribution in [0, 0.1) is 5.82 Å². The number of anilines is 2. The van der Waals surface area contributed by atoms with E-state index in [4.69, 9.17) is 9.94 Å². The molecule has 1 aromatic rings. The number of carbonyl (C=O) groups excluding carboxylic acids is 3. The van der Waals surface area contributed by atoms with Gasteiger partial charge in [0.05, 0.1) is 37.7 Å². The molecule has 1 atom stereocenters. The number of nitrogens with zero attached hydrogens (tertiary/aromatic N) is 3. The van der Waals surface area contributed by atoms with Gasteiger partial charge in [-0.1, -0.05) is 0 Å². The lowest BCUT2D eigenvalue weighted by Crippen LogP contribution is -2.56. The fourth-order valence-corrected chi connectivity index (χ4v) is 3.15. The minimum Gasteiger partial charge on any atom is -0.442 e. The molecule has 12 heteroatoms. The Morgan fingerprint density at radius 3 is 2.79 bits per heavy atom. The van der Waals surface area contributed by atoms with Gasteiger partial charge in [0.1, 0.15) is 11.9 Å². The number of hydrogen-bond donors (Lipinski definition) is 4. The third kappa shape index (κ3) is 5.10. The molecule has 3 rings (SSSR count). The highest BCUT2D eigenvalue weighted by Gasteiger charge is 2.33. The summed E-state index contributed by atoms with van der Waals surface area (Å²) in [4.78, 5) is 37.3. The first-order valence-electron chi connectivity index (χ1n) is 9.06. The van der Waals surface area contributed by atoms with Crippen molar-refractivity contribution in [1.82, 2.24) is 21.2 Å². The summed E-state index contributed by atoms with van der Waals surface area (Å²) in [7, 11) is 0. The van der Waals surface area contributed by atoms with Gasteiger partial charge in [0.2, 0.25) is 5.91 Å². The molecular weight excluding hydrogens is 387 g/mol. The summed E-state index contributed by atoms with van der Waals surface area (Å²) in [5.41, 5.74) is 5.25. The maximum absolute atomic E-state index is 14.7. The van der Waals surface area contributed by atoms with Crippen LogP contribution < -0.4 is 26.0 Å². The Labute approximate surface area is 166 Å². The first-order valence-corrected chi connectivity index (χ1v) is 9.06. The third-order valence-corrected chi connectivity index (χ3v) is 4.62. The van der Waals surface area contributed by atoms with E-state index in [1.54, 1.807) is 27.5 Å². The van der Waals surface area contributed by atoms with E-state index in [0.29, 0.717) is 24.5 Å². The van der Waals surface area contributed by atoms with Gasteiger partial charge in [0.25, 0.3) is 5.91 Å². The van der Waals surface area contributed by atoms with E-state index in [0.717, 1.165) is 0 Å². The zero-order valence-corrected chi connectivity index (χ0v) is 15.9. The molecule has 0 radical (unpaired) electrons. The van der Waals surface area contributed by atoms with Crippen LogP contribution in [0.5, 0.6) is 0 Å². The van der Waals surface area contributed by atoms with Crippen molar-refractivity contribution in [2.24, 2.45) is 0 Å².